The van der Waals surface area contributed by atoms with E-state index in [9.17, 15) is 0 Å². The molecule has 0 unspecified atom stereocenters. The predicted octanol–water partition coefficient (Wildman–Crippen LogP) is 2.09. The van der Waals surface area contributed by atoms with E-state index in [1.807, 2.05) is 0 Å². The van der Waals surface area contributed by atoms with Gasteiger partial charge in [0.15, 0.2) is 0 Å². The van der Waals surface area contributed by atoms with E-state index in [0.29, 0.717) is 6.04 Å². The van der Waals surface area contributed by atoms with Crippen LogP contribution in [0.15, 0.2) is 24.5 Å². The Morgan fingerprint density at radius 3 is 3.06 bits per heavy atom. The number of aromatic amines is 1. The SMILES string of the molecule is CCN1CCN(c2ccc3nc[nH]c3c2)[C@@H](C)C1. The summed E-state index contributed by atoms with van der Waals surface area (Å²) in [5, 5.41) is 0. The summed E-state index contributed by atoms with van der Waals surface area (Å²) in [6.07, 6.45) is 1.76. The summed E-state index contributed by atoms with van der Waals surface area (Å²) in [6, 6.07) is 7.06. The Balaban J connectivity index is 1.85. The molecule has 0 spiro atoms. The number of likely N-dealkylation sites (N-methyl/N-ethyl adjacent to an activating group) is 1. The molecule has 0 saturated carbocycles. The molecule has 1 atom stereocenters. The fraction of sp³-hybridized carbons (Fsp3) is 0.500. The zero-order valence-electron chi connectivity index (χ0n) is 11.1. The monoisotopic (exact) mass is 244 g/mol. The lowest BCUT2D eigenvalue weighted by molar-refractivity contribution is 0.240. The van der Waals surface area contributed by atoms with E-state index >= 15 is 0 Å². The summed E-state index contributed by atoms with van der Waals surface area (Å²) in [4.78, 5) is 12.5. The second kappa shape index (κ2) is 4.61. The molecule has 0 amide bonds. The van der Waals surface area contributed by atoms with Crippen molar-refractivity contribution in [2.24, 2.45) is 0 Å². The van der Waals surface area contributed by atoms with Crippen molar-refractivity contribution in [2.45, 2.75) is 19.9 Å². The molecule has 1 N–H and O–H groups in total. The van der Waals surface area contributed by atoms with E-state index in [1.165, 1.54) is 5.69 Å². The summed E-state index contributed by atoms with van der Waals surface area (Å²) in [5.41, 5.74) is 3.46. The van der Waals surface area contributed by atoms with Crippen LogP contribution in [0, 0.1) is 0 Å². The molecule has 3 rings (SSSR count). The third-order valence-corrected chi connectivity index (χ3v) is 3.89. The van der Waals surface area contributed by atoms with Crippen molar-refractivity contribution < 1.29 is 0 Å². The summed E-state index contributed by atoms with van der Waals surface area (Å²) in [6.45, 7) is 9.10. The first-order valence-electron chi connectivity index (χ1n) is 6.70. The van der Waals surface area contributed by atoms with Crippen molar-refractivity contribution in [3.63, 3.8) is 0 Å². The molecule has 0 aliphatic carbocycles. The summed E-state index contributed by atoms with van der Waals surface area (Å²) >= 11 is 0. The minimum Gasteiger partial charge on any atom is -0.366 e. The van der Waals surface area contributed by atoms with Gasteiger partial charge in [-0.2, -0.15) is 0 Å². The molecule has 2 aromatic rings. The van der Waals surface area contributed by atoms with Crippen molar-refractivity contribution in [2.75, 3.05) is 31.1 Å². The maximum Gasteiger partial charge on any atom is 0.0931 e. The zero-order chi connectivity index (χ0) is 12.5. The van der Waals surface area contributed by atoms with Crippen LogP contribution in [-0.4, -0.2) is 47.1 Å². The number of rotatable bonds is 2. The van der Waals surface area contributed by atoms with Crippen molar-refractivity contribution in [3.05, 3.63) is 24.5 Å². The van der Waals surface area contributed by atoms with Gasteiger partial charge in [-0.15, -0.1) is 0 Å². The van der Waals surface area contributed by atoms with Crippen LogP contribution in [0.4, 0.5) is 5.69 Å². The molecule has 1 saturated heterocycles. The van der Waals surface area contributed by atoms with Gasteiger partial charge in [0.05, 0.1) is 17.4 Å². The summed E-state index contributed by atoms with van der Waals surface area (Å²) in [7, 11) is 0. The molecule has 18 heavy (non-hydrogen) atoms. The Bertz CT molecular complexity index is 533. The molecule has 0 bridgehead atoms. The number of hydrogen-bond acceptors (Lipinski definition) is 3. The van der Waals surface area contributed by atoms with Crippen LogP contribution in [0.2, 0.25) is 0 Å². The van der Waals surface area contributed by atoms with Crippen LogP contribution < -0.4 is 4.90 Å². The van der Waals surface area contributed by atoms with Gasteiger partial charge >= 0.3 is 0 Å². The Morgan fingerprint density at radius 1 is 1.39 bits per heavy atom. The van der Waals surface area contributed by atoms with Crippen molar-refractivity contribution in [1.82, 2.24) is 14.9 Å². The van der Waals surface area contributed by atoms with E-state index in [0.717, 1.165) is 37.2 Å². The molecule has 96 valence electrons. The number of anilines is 1. The largest absolute Gasteiger partial charge is 0.366 e. The zero-order valence-corrected chi connectivity index (χ0v) is 11.1. The van der Waals surface area contributed by atoms with Gasteiger partial charge in [0.25, 0.3) is 0 Å². The third-order valence-electron chi connectivity index (χ3n) is 3.89. The normalized spacial score (nSPS) is 21.7. The molecule has 2 heterocycles. The number of hydrogen-bond donors (Lipinski definition) is 1. The Labute approximate surface area is 108 Å². The number of fused-ring (bicyclic) bond motifs is 1. The Kier molecular flexibility index (Phi) is 2.96. The van der Waals surface area contributed by atoms with Gasteiger partial charge in [0, 0.05) is 31.4 Å². The average molecular weight is 244 g/mol. The van der Waals surface area contributed by atoms with E-state index < -0.39 is 0 Å². The molecule has 4 nitrogen and oxygen atoms in total. The fourth-order valence-electron chi connectivity index (χ4n) is 2.81. The first kappa shape index (κ1) is 11.5. The van der Waals surface area contributed by atoms with Crippen LogP contribution in [0.25, 0.3) is 11.0 Å². The van der Waals surface area contributed by atoms with Crippen LogP contribution >= 0.6 is 0 Å². The highest BCUT2D eigenvalue weighted by Crippen LogP contribution is 2.23. The minimum atomic E-state index is 0.569. The molecule has 1 aromatic carbocycles. The second-order valence-electron chi connectivity index (χ2n) is 5.04. The van der Waals surface area contributed by atoms with Gasteiger partial charge in [-0.1, -0.05) is 6.92 Å². The van der Waals surface area contributed by atoms with E-state index in [1.54, 1.807) is 6.33 Å². The molecule has 1 fully saturated rings. The van der Waals surface area contributed by atoms with Gasteiger partial charge < -0.3 is 9.88 Å². The smallest absolute Gasteiger partial charge is 0.0931 e. The topological polar surface area (TPSA) is 35.2 Å². The van der Waals surface area contributed by atoms with E-state index in [2.05, 4.69) is 51.8 Å². The maximum absolute atomic E-state index is 4.27. The fourth-order valence-corrected chi connectivity index (χ4v) is 2.81. The molecule has 0 radical (unpaired) electrons. The highest BCUT2D eigenvalue weighted by molar-refractivity contribution is 5.79. The van der Waals surface area contributed by atoms with E-state index in [-0.39, 0.29) is 0 Å². The molecular weight excluding hydrogens is 224 g/mol. The highest BCUT2D eigenvalue weighted by Gasteiger charge is 2.22. The maximum atomic E-state index is 4.27. The lowest BCUT2D eigenvalue weighted by Crippen LogP contribution is -2.51. The van der Waals surface area contributed by atoms with Crippen LogP contribution in [0.1, 0.15) is 13.8 Å². The van der Waals surface area contributed by atoms with Gasteiger partial charge in [-0.25, -0.2) is 4.98 Å². The highest BCUT2D eigenvalue weighted by atomic mass is 15.3. The lowest BCUT2D eigenvalue weighted by Gasteiger charge is -2.41. The number of nitrogens with zero attached hydrogens (tertiary/aromatic N) is 3. The first-order chi connectivity index (χ1) is 8.78. The van der Waals surface area contributed by atoms with Crippen molar-refractivity contribution >= 4 is 16.7 Å². The van der Waals surface area contributed by atoms with Gasteiger partial charge in [-0.05, 0) is 31.7 Å². The van der Waals surface area contributed by atoms with Crippen molar-refractivity contribution in [1.29, 1.82) is 0 Å². The number of nitrogens with one attached hydrogen (secondary N) is 1. The number of benzene rings is 1. The predicted molar refractivity (Wildman–Crippen MR) is 75.0 cm³/mol. The minimum absolute atomic E-state index is 0.569. The summed E-state index contributed by atoms with van der Waals surface area (Å²) < 4.78 is 0. The van der Waals surface area contributed by atoms with Gasteiger partial charge in [0.2, 0.25) is 0 Å². The Morgan fingerprint density at radius 2 is 2.28 bits per heavy atom. The van der Waals surface area contributed by atoms with Crippen LogP contribution in [0.5, 0.6) is 0 Å². The quantitative estimate of drug-likeness (QED) is 0.878. The number of imidazole rings is 1. The van der Waals surface area contributed by atoms with Crippen LogP contribution in [-0.2, 0) is 0 Å². The molecular formula is C14H20N4. The molecule has 1 aliphatic heterocycles. The third kappa shape index (κ3) is 1.97. The van der Waals surface area contributed by atoms with Crippen LogP contribution in [0.3, 0.4) is 0 Å². The standard InChI is InChI=1S/C14H20N4/c1-3-17-6-7-18(11(2)9-17)12-4-5-13-14(8-12)16-10-15-13/h4-5,8,10-11H,3,6-7,9H2,1-2H3,(H,15,16)/t11-/m0/s1. The number of aromatic nitrogens is 2. The van der Waals surface area contributed by atoms with Gasteiger partial charge in [-0.3, -0.25) is 4.90 Å². The molecule has 4 heteroatoms. The second-order valence-corrected chi connectivity index (χ2v) is 5.04. The van der Waals surface area contributed by atoms with E-state index in [4.69, 9.17) is 0 Å². The Hall–Kier alpha value is -1.55. The van der Waals surface area contributed by atoms with Crippen molar-refractivity contribution in [3.8, 4) is 0 Å². The molecule has 1 aromatic heterocycles. The lowest BCUT2D eigenvalue weighted by atomic mass is 10.1. The number of H-pyrrole nitrogens is 1. The number of piperazine rings is 1. The summed E-state index contributed by atoms with van der Waals surface area (Å²) in [5.74, 6) is 0. The molecule has 1 aliphatic rings. The van der Waals surface area contributed by atoms with Gasteiger partial charge in [0.1, 0.15) is 0 Å². The average Bonchev–Trinajstić information content (AvgIpc) is 2.85. The first-order valence-corrected chi connectivity index (χ1v) is 6.70.